The zero-order valence-electron chi connectivity index (χ0n) is 12.6. The molecule has 0 aliphatic rings. The number of ether oxygens (including phenoxy) is 1. The lowest BCUT2D eigenvalue weighted by Crippen LogP contribution is -2.20. The maximum Gasteiger partial charge on any atom is 0.262 e. The molecule has 22 heavy (non-hydrogen) atoms. The van der Waals surface area contributed by atoms with Gasteiger partial charge in [-0.2, -0.15) is 0 Å². The van der Waals surface area contributed by atoms with Crippen LogP contribution in [0.5, 0.6) is 5.75 Å². The summed E-state index contributed by atoms with van der Waals surface area (Å²) in [5, 5.41) is 5.38. The second kappa shape index (κ2) is 7.26. The second-order valence-corrected chi connectivity index (χ2v) is 4.91. The minimum Gasteiger partial charge on any atom is -0.484 e. The predicted octanol–water partition coefficient (Wildman–Crippen LogP) is 2.97. The van der Waals surface area contributed by atoms with Crippen molar-refractivity contribution >= 4 is 23.2 Å². The van der Waals surface area contributed by atoms with Gasteiger partial charge in [0.2, 0.25) is 5.91 Å². The van der Waals surface area contributed by atoms with Crippen molar-refractivity contribution in [2.45, 2.75) is 13.8 Å². The molecular weight excluding hydrogens is 280 g/mol. The number of hydrogen-bond acceptors (Lipinski definition) is 3. The summed E-state index contributed by atoms with van der Waals surface area (Å²) in [7, 11) is 0. The van der Waals surface area contributed by atoms with E-state index in [2.05, 4.69) is 10.6 Å². The number of aryl methyl sites for hydroxylation is 1. The number of hydrogen-bond donors (Lipinski definition) is 2. The highest BCUT2D eigenvalue weighted by atomic mass is 16.5. The number of anilines is 2. The fourth-order valence-electron chi connectivity index (χ4n) is 1.86. The molecule has 2 amide bonds. The van der Waals surface area contributed by atoms with E-state index in [1.165, 1.54) is 6.92 Å². The van der Waals surface area contributed by atoms with Gasteiger partial charge in [-0.15, -0.1) is 0 Å². The summed E-state index contributed by atoms with van der Waals surface area (Å²) < 4.78 is 5.41. The standard InChI is InChI=1S/C17H18N2O3/c1-12-6-8-16(9-7-12)22-11-17(21)19-15-5-3-4-14(10-15)18-13(2)20/h3-10H,11H2,1-2H3,(H,18,20)(H,19,21). The second-order valence-electron chi connectivity index (χ2n) is 4.91. The van der Waals surface area contributed by atoms with Gasteiger partial charge in [0.15, 0.2) is 6.61 Å². The van der Waals surface area contributed by atoms with Crippen molar-refractivity contribution in [1.82, 2.24) is 0 Å². The number of carbonyl (C=O) groups is 2. The van der Waals surface area contributed by atoms with Gasteiger partial charge in [0.05, 0.1) is 0 Å². The monoisotopic (exact) mass is 298 g/mol. The molecule has 0 fully saturated rings. The molecule has 2 aromatic carbocycles. The van der Waals surface area contributed by atoms with Crippen LogP contribution in [-0.4, -0.2) is 18.4 Å². The summed E-state index contributed by atoms with van der Waals surface area (Å²) in [6.45, 7) is 3.34. The van der Waals surface area contributed by atoms with E-state index in [9.17, 15) is 9.59 Å². The summed E-state index contributed by atoms with van der Waals surface area (Å²) in [4.78, 5) is 22.9. The predicted molar refractivity (Wildman–Crippen MR) is 86.0 cm³/mol. The molecule has 0 saturated heterocycles. The van der Waals surface area contributed by atoms with E-state index in [-0.39, 0.29) is 18.4 Å². The molecule has 0 bridgehead atoms. The lowest BCUT2D eigenvalue weighted by molar-refractivity contribution is -0.118. The van der Waals surface area contributed by atoms with Gasteiger partial charge < -0.3 is 15.4 Å². The normalized spacial score (nSPS) is 9.91. The molecule has 2 N–H and O–H groups in total. The number of nitrogens with one attached hydrogen (secondary N) is 2. The average molecular weight is 298 g/mol. The quantitative estimate of drug-likeness (QED) is 0.891. The Morgan fingerprint density at radius 1 is 1.00 bits per heavy atom. The average Bonchev–Trinajstić information content (AvgIpc) is 2.46. The van der Waals surface area contributed by atoms with E-state index in [1.807, 2.05) is 31.2 Å². The maximum atomic E-state index is 11.9. The van der Waals surface area contributed by atoms with Crippen LogP contribution in [-0.2, 0) is 9.59 Å². The maximum absolute atomic E-state index is 11.9. The minimum atomic E-state index is -0.263. The van der Waals surface area contributed by atoms with Gasteiger partial charge in [-0.05, 0) is 37.3 Å². The Morgan fingerprint density at radius 3 is 2.27 bits per heavy atom. The molecule has 2 aromatic rings. The largest absolute Gasteiger partial charge is 0.484 e. The Labute approximate surface area is 129 Å². The van der Waals surface area contributed by atoms with E-state index >= 15 is 0 Å². The highest BCUT2D eigenvalue weighted by molar-refractivity contribution is 5.94. The molecule has 0 radical (unpaired) electrons. The molecule has 5 nitrogen and oxygen atoms in total. The fourth-order valence-corrected chi connectivity index (χ4v) is 1.86. The van der Waals surface area contributed by atoms with Gasteiger partial charge >= 0.3 is 0 Å². The van der Waals surface area contributed by atoms with Crippen LogP contribution in [0, 0.1) is 6.92 Å². The van der Waals surface area contributed by atoms with Gasteiger partial charge in [0.1, 0.15) is 5.75 Å². The van der Waals surface area contributed by atoms with Gasteiger partial charge in [0.25, 0.3) is 5.91 Å². The Morgan fingerprint density at radius 2 is 1.64 bits per heavy atom. The van der Waals surface area contributed by atoms with E-state index in [0.717, 1.165) is 5.56 Å². The topological polar surface area (TPSA) is 67.4 Å². The van der Waals surface area contributed by atoms with Crippen LogP contribution in [0.15, 0.2) is 48.5 Å². The van der Waals surface area contributed by atoms with Crippen molar-refractivity contribution in [3.63, 3.8) is 0 Å². The molecule has 0 heterocycles. The number of benzene rings is 2. The molecule has 114 valence electrons. The Kier molecular flexibility index (Phi) is 5.14. The van der Waals surface area contributed by atoms with Crippen LogP contribution in [0.4, 0.5) is 11.4 Å². The SMILES string of the molecule is CC(=O)Nc1cccc(NC(=O)COc2ccc(C)cc2)c1. The molecule has 0 aliphatic carbocycles. The summed E-state index contributed by atoms with van der Waals surface area (Å²) >= 11 is 0. The molecule has 0 unspecified atom stereocenters. The van der Waals surface area contributed by atoms with Crippen LogP contribution in [0.25, 0.3) is 0 Å². The van der Waals surface area contributed by atoms with Gasteiger partial charge in [-0.3, -0.25) is 9.59 Å². The third kappa shape index (κ3) is 4.94. The van der Waals surface area contributed by atoms with Crippen molar-refractivity contribution in [1.29, 1.82) is 0 Å². The Hall–Kier alpha value is -2.82. The summed E-state index contributed by atoms with van der Waals surface area (Å²) in [5.74, 6) is 0.222. The zero-order valence-corrected chi connectivity index (χ0v) is 12.6. The van der Waals surface area contributed by atoms with Crippen molar-refractivity contribution in [3.8, 4) is 5.75 Å². The third-order valence-electron chi connectivity index (χ3n) is 2.86. The van der Waals surface area contributed by atoms with E-state index in [0.29, 0.717) is 17.1 Å². The first-order chi connectivity index (χ1) is 10.5. The Balaban J connectivity index is 1.89. The Bertz CT molecular complexity index is 666. The van der Waals surface area contributed by atoms with Crippen molar-refractivity contribution in [3.05, 3.63) is 54.1 Å². The third-order valence-corrected chi connectivity index (χ3v) is 2.86. The lowest BCUT2D eigenvalue weighted by Gasteiger charge is -2.09. The van der Waals surface area contributed by atoms with E-state index in [1.54, 1.807) is 24.3 Å². The van der Waals surface area contributed by atoms with Crippen LogP contribution >= 0.6 is 0 Å². The summed E-state index contributed by atoms with van der Waals surface area (Å²) in [6.07, 6.45) is 0. The van der Waals surface area contributed by atoms with Crippen molar-refractivity contribution in [2.75, 3.05) is 17.2 Å². The van der Waals surface area contributed by atoms with E-state index < -0.39 is 0 Å². The highest BCUT2D eigenvalue weighted by Gasteiger charge is 2.05. The van der Waals surface area contributed by atoms with Gasteiger partial charge in [-0.25, -0.2) is 0 Å². The molecule has 0 aliphatic heterocycles. The van der Waals surface area contributed by atoms with Crippen LogP contribution in [0.2, 0.25) is 0 Å². The smallest absolute Gasteiger partial charge is 0.262 e. The lowest BCUT2D eigenvalue weighted by atomic mass is 10.2. The zero-order chi connectivity index (χ0) is 15.9. The van der Waals surface area contributed by atoms with Crippen LogP contribution in [0.1, 0.15) is 12.5 Å². The number of carbonyl (C=O) groups excluding carboxylic acids is 2. The van der Waals surface area contributed by atoms with E-state index in [4.69, 9.17) is 4.74 Å². The summed E-state index contributed by atoms with van der Waals surface area (Å²) in [5.41, 5.74) is 2.36. The molecular formula is C17H18N2O3. The van der Waals surface area contributed by atoms with Crippen LogP contribution < -0.4 is 15.4 Å². The molecule has 5 heteroatoms. The highest BCUT2D eigenvalue weighted by Crippen LogP contribution is 2.15. The fraction of sp³-hybridized carbons (Fsp3) is 0.176. The molecule has 0 spiro atoms. The first-order valence-corrected chi connectivity index (χ1v) is 6.90. The molecule has 0 atom stereocenters. The van der Waals surface area contributed by atoms with Crippen molar-refractivity contribution < 1.29 is 14.3 Å². The number of rotatable bonds is 5. The van der Waals surface area contributed by atoms with Crippen LogP contribution in [0.3, 0.4) is 0 Å². The van der Waals surface area contributed by atoms with Crippen molar-refractivity contribution in [2.24, 2.45) is 0 Å². The van der Waals surface area contributed by atoms with Gasteiger partial charge in [0, 0.05) is 18.3 Å². The number of amides is 2. The summed E-state index contributed by atoms with van der Waals surface area (Å²) in [6, 6.07) is 14.4. The van der Waals surface area contributed by atoms with Gasteiger partial charge in [-0.1, -0.05) is 23.8 Å². The first-order valence-electron chi connectivity index (χ1n) is 6.90. The molecule has 0 saturated carbocycles. The first kappa shape index (κ1) is 15.6. The molecule has 0 aromatic heterocycles. The molecule has 2 rings (SSSR count). The minimum absolute atomic E-state index is 0.0760.